The zero-order valence-electron chi connectivity index (χ0n) is 16.6. The number of aliphatic hydroxyl groups is 1. The Bertz CT molecular complexity index is 884. The third kappa shape index (κ3) is 3.28. The van der Waals surface area contributed by atoms with Crippen LogP contribution in [0.2, 0.25) is 0 Å². The average Bonchev–Trinajstić information content (AvgIpc) is 2.96. The second-order valence-electron chi connectivity index (χ2n) is 8.72. The average molecular weight is 364 g/mol. The second kappa shape index (κ2) is 6.47. The molecule has 0 unspecified atom stereocenters. The van der Waals surface area contributed by atoms with Gasteiger partial charge in [0, 0.05) is 38.2 Å². The van der Waals surface area contributed by atoms with Crippen LogP contribution in [0.4, 0.5) is 0 Å². The number of likely N-dealkylation sites (N-methyl/N-ethyl adjacent to an activating group) is 1. The minimum atomic E-state index is -0.889. The zero-order valence-corrected chi connectivity index (χ0v) is 16.6. The van der Waals surface area contributed by atoms with Gasteiger partial charge >= 0.3 is 0 Å². The molecule has 4 nitrogen and oxygen atoms in total. The molecule has 142 valence electrons. The van der Waals surface area contributed by atoms with Gasteiger partial charge in [-0.25, -0.2) is 0 Å². The van der Waals surface area contributed by atoms with Crippen molar-refractivity contribution >= 4 is 5.91 Å². The summed E-state index contributed by atoms with van der Waals surface area (Å²) < 4.78 is 0. The summed E-state index contributed by atoms with van der Waals surface area (Å²) in [5.74, 6) is 1.02. The smallest absolute Gasteiger partial charge is 0.253 e. The molecule has 2 heterocycles. The molecule has 2 atom stereocenters. The van der Waals surface area contributed by atoms with E-state index >= 15 is 0 Å². The number of carbonyl (C=O) groups excluding carboxylic acids is 1. The van der Waals surface area contributed by atoms with Crippen LogP contribution in [0.1, 0.15) is 41.3 Å². The number of benzene rings is 2. The molecule has 0 bridgehead atoms. The molecule has 0 aromatic heterocycles. The predicted octanol–water partition coefficient (Wildman–Crippen LogP) is 3.31. The Balaban J connectivity index is 1.79. The summed E-state index contributed by atoms with van der Waals surface area (Å²) in [5, 5.41) is 10.3. The Hall–Kier alpha value is -2.17. The number of nitrogens with zero attached hydrogens (tertiary/aromatic N) is 2. The van der Waals surface area contributed by atoms with Gasteiger partial charge in [-0.2, -0.15) is 0 Å². The van der Waals surface area contributed by atoms with Gasteiger partial charge in [0.2, 0.25) is 0 Å². The fraction of sp³-hybridized carbons (Fsp3) is 0.435. The molecule has 4 heteroatoms. The van der Waals surface area contributed by atoms with E-state index in [-0.39, 0.29) is 5.91 Å². The van der Waals surface area contributed by atoms with Crippen molar-refractivity contribution in [1.29, 1.82) is 0 Å². The predicted molar refractivity (Wildman–Crippen MR) is 108 cm³/mol. The Labute approximate surface area is 161 Å². The number of hydrogen-bond donors (Lipinski definition) is 1. The van der Waals surface area contributed by atoms with Crippen molar-refractivity contribution in [3.8, 4) is 11.1 Å². The first-order valence-electron chi connectivity index (χ1n) is 9.65. The highest BCUT2D eigenvalue weighted by Crippen LogP contribution is 2.39. The van der Waals surface area contributed by atoms with E-state index in [1.807, 2.05) is 42.3 Å². The van der Waals surface area contributed by atoms with E-state index in [4.69, 9.17) is 0 Å². The van der Waals surface area contributed by atoms with Gasteiger partial charge in [-0.1, -0.05) is 30.3 Å². The number of hydrogen-bond acceptors (Lipinski definition) is 3. The molecule has 1 fully saturated rings. The lowest BCUT2D eigenvalue weighted by Crippen LogP contribution is -2.31. The first-order valence-corrected chi connectivity index (χ1v) is 9.65. The van der Waals surface area contributed by atoms with Crippen LogP contribution >= 0.6 is 0 Å². The number of likely N-dealkylation sites (tertiary alicyclic amines) is 1. The Morgan fingerprint density at radius 2 is 1.74 bits per heavy atom. The van der Waals surface area contributed by atoms with Crippen molar-refractivity contribution in [3.63, 3.8) is 0 Å². The third-order valence-corrected chi connectivity index (χ3v) is 6.06. The summed E-state index contributed by atoms with van der Waals surface area (Å²) in [6.45, 7) is 6.44. The van der Waals surface area contributed by atoms with Gasteiger partial charge in [0.25, 0.3) is 5.91 Å². The van der Waals surface area contributed by atoms with Crippen molar-refractivity contribution in [3.05, 3.63) is 59.2 Å². The minimum absolute atomic E-state index is 0.113. The fourth-order valence-electron chi connectivity index (χ4n) is 4.59. The molecule has 2 aliphatic rings. The van der Waals surface area contributed by atoms with Crippen molar-refractivity contribution in [2.45, 2.75) is 25.4 Å². The quantitative estimate of drug-likeness (QED) is 0.889. The zero-order chi connectivity index (χ0) is 19.3. The molecule has 0 saturated carbocycles. The molecule has 0 radical (unpaired) electrons. The van der Waals surface area contributed by atoms with Crippen LogP contribution in [0.15, 0.2) is 42.5 Å². The Kier molecular flexibility index (Phi) is 4.36. The second-order valence-corrected chi connectivity index (χ2v) is 8.72. The highest BCUT2D eigenvalue weighted by atomic mass is 16.3. The molecular weight excluding hydrogens is 336 g/mol. The van der Waals surface area contributed by atoms with Gasteiger partial charge in [-0.15, -0.1) is 0 Å². The Morgan fingerprint density at radius 1 is 1.00 bits per heavy atom. The first kappa shape index (κ1) is 18.2. The molecule has 2 aromatic carbocycles. The van der Waals surface area contributed by atoms with Crippen LogP contribution in [0, 0.1) is 5.92 Å². The molecule has 1 saturated heterocycles. The fourth-order valence-corrected chi connectivity index (χ4v) is 4.59. The van der Waals surface area contributed by atoms with Crippen LogP contribution in [0.25, 0.3) is 11.1 Å². The summed E-state index contributed by atoms with van der Waals surface area (Å²) in [6, 6.07) is 14.3. The minimum Gasteiger partial charge on any atom is -0.386 e. The summed E-state index contributed by atoms with van der Waals surface area (Å²) >= 11 is 0. The molecule has 0 spiro atoms. The molecule has 1 amide bonds. The van der Waals surface area contributed by atoms with E-state index in [0.717, 1.165) is 41.9 Å². The van der Waals surface area contributed by atoms with Gasteiger partial charge in [-0.3, -0.25) is 4.79 Å². The lowest BCUT2D eigenvalue weighted by Gasteiger charge is -2.20. The summed E-state index contributed by atoms with van der Waals surface area (Å²) in [7, 11) is 4.07. The molecule has 0 aliphatic carbocycles. The number of rotatable bonds is 2. The van der Waals surface area contributed by atoms with E-state index in [1.165, 1.54) is 5.56 Å². The number of fused-ring (bicyclic) bond motifs is 3. The van der Waals surface area contributed by atoms with E-state index in [9.17, 15) is 9.90 Å². The largest absolute Gasteiger partial charge is 0.386 e. The SMILES string of the molecule is CN1C[C@@H]2CN(C)C(=O)c3cc(-c4cccc(C(C)(C)O)c4)ccc3[C@H]2C1. The monoisotopic (exact) mass is 364 g/mol. The van der Waals surface area contributed by atoms with Gasteiger partial charge in [-0.05, 0) is 61.2 Å². The molecule has 1 N–H and O–H groups in total. The van der Waals surface area contributed by atoms with Crippen LogP contribution in [0.3, 0.4) is 0 Å². The molecule has 27 heavy (non-hydrogen) atoms. The third-order valence-electron chi connectivity index (χ3n) is 6.06. The van der Waals surface area contributed by atoms with Gasteiger partial charge in [0.1, 0.15) is 0 Å². The maximum absolute atomic E-state index is 13.0. The molecule has 2 aliphatic heterocycles. The lowest BCUT2D eigenvalue weighted by molar-refractivity contribution is 0.0777. The maximum atomic E-state index is 13.0. The van der Waals surface area contributed by atoms with Gasteiger partial charge in [0.05, 0.1) is 5.60 Å². The van der Waals surface area contributed by atoms with Crippen molar-refractivity contribution in [1.82, 2.24) is 9.80 Å². The number of amides is 1. The maximum Gasteiger partial charge on any atom is 0.253 e. The molecular formula is C23H28N2O2. The normalized spacial score (nSPS) is 23.1. The first-order chi connectivity index (χ1) is 12.7. The standard InChI is InChI=1S/C23H28N2O2/c1-23(2,27)18-7-5-6-15(10-18)16-8-9-19-20(11-16)22(26)25(4)13-17-12-24(3)14-21(17)19/h5-11,17,21,27H,12-14H2,1-4H3/t17-,21+/m1/s1. The van der Waals surface area contributed by atoms with Crippen molar-refractivity contribution in [2.75, 3.05) is 33.7 Å². The van der Waals surface area contributed by atoms with Gasteiger partial charge in [0.15, 0.2) is 0 Å². The lowest BCUT2D eigenvalue weighted by atomic mass is 9.85. The summed E-state index contributed by atoms with van der Waals surface area (Å²) in [4.78, 5) is 17.3. The Morgan fingerprint density at radius 3 is 2.48 bits per heavy atom. The summed E-state index contributed by atoms with van der Waals surface area (Å²) in [6.07, 6.45) is 0. The topological polar surface area (TPSA) is 43.8 Å². The molecule has 4 rings (SSSR count). The molecule has 2 aromatic rings. The van der Waals surface area contributed by atoms with Crippen LogP contribution in [0.5, 0.6) is 0 Å². The summed E-state index contributed by atoms with van der Waals surface area (Å²) in [5.41, 5.74) is 4.03. The number of carbonyl (C=O) groups is 1. The van der Waals surface area contributed by atoms with E-state index in [0.29, 0.717) is 11.8 Å². The van der Waals surface area contributed by atoms with E-state index in [2.05, 4.69) is 24.1 Å². The highest BCUT2D eigenvalue weighted by Gasteiger charge is 2.38. The van der Waals surface area contributed by atoms with E-state index in [1.54, 1.807) is 13.8 Å². The van der Waals surface area contributed by atoms with Crippen LogP contribution in [-0.2, 0) is 5.60 Å². The van der Waals surface area contributed by atoms with Crippen molar-refractivity contribution < 1.29 is 9.90 Å². The van der Waals surface area contributed by atoms with Gasteiger partial charge < -0.3 is 14.9 Å². The van der Waals surface area contributed by atoms with Crippen LogP contribution in [-0.4, -0.2) is 54.5 Å². The van der Waals surface area contributed by atoms with Crippen molar-refractivity contribution in [2.24, 2.45) is 5.92 Å². The highest BCUT2D eigenvalue weighted by molar-refractivity contribution is 5.97. The van der Waals surface area contributed by atoms with E-state index < -0.39 is 5.60 Å². The van der Waals surface area contributed by atoms with Crippen LogP contribution < -0.4 is 0 Å².